The van der Waals surface area contributed by atoms with Crippen LogP contribution in [0.25, 0.3) is 0 Å². The number of benzene rings is 2. The predicted molar refractivity (Wildman–Crippen MR) is 106 cm³/mol. The minimum absolute atomic E-state index is 0.0439. The third kappa shape index (κ3) is 4.09. The Morgan fingerprint density at radius 2 is 1.81 bits per heavy atom. The van der Waals surface area contributed by atoms with Gasteiger partial charge in [0.2, 0.25) is 0 Å². The molecule has 2 atom stereocenters. The second-order valence-corrected chi connectivity index (χ2v) is 7.43. The summed E-state index contributed by atoms with van der Waals surface area (Å²) in [5, 5.41) is 3.08. The number of ether oxygens (including phenoxy) is 1. The molecule has 0 unspecified atom stereocenters. The molecule has 1 amide bonds. The van der Waals surface area contributed by atoms with Crippen LogP contribution < -0.4 is 10.1 Å². The predicted octanol–water partition coefficient (Wildman–Crippen LogP) is 4.83. The number of amides is 1. The molecule has 2 aromatic rings. The molecule has 0 saturated heterocycles. The summed E-state index contributed by atoms with van der Waals surface area (Å²) in [7, 11) is 0. The van der Waals surface area contributed by atoms with Gasteiger partial charge < -0.3 is 10.1 Å². The monoisotopic (exact) mass is 351 g/mol. The van der Waals surface area contributed by atoms with Crippen molar-refractivity contribution in [2.45, 2.75) is 65.5 Å². The van der Waals surface area contributed by atoms with Crippen LogP contribution >= 0.6 is 0 Å². The van der Waals surface area contributed by atoms with Crippen molar-refractivity contribution in [3.8, 4) is 5.75 Å². The van der Waals surface area contributed by atoms with E-state index < -0.39 is 6.10 Å². The first kappa shape index (κ1) is 18.5. The molecule has 26 heavy (non-hydrogen) atoms. The van der Waals surface area contributed by atoms with Crippen molar-refractivity contribution in [1.82, 2.24) is 5.32 Å². The highest BCUT2D eigenvalue weighted by atomic mass is 16.5. The standard InChI is InChI=1S/C23H29NO2/c1-15-12-13-20(14-16(15)2)17(3)24-23(25)18(4)26-22-11-7-9-19-8-5-6-10-21(19)22/h7,9,11-14,17-18H,5-6,8,10H2,1-4H3,(H,24,25)/t17-,18-/m0/s1. The van der Waals surface area contributed by atoms with Gasteiger partial charge in [-0.05, 0) is 87.3 Å². The molecule has 0 aromatic heterocycles. The molecule has 3 heteroatoms. The van der Waals surface area contributed by atoms with Gasteiger partial charge in [0.1, 0.15) is 5.75 Å². The number of rotatable bonds is 5. The van der Waals surface area contributed by atoms with Gasteiger partial charge in [0.25, 0.3) is 5.91 Å². The van der Waals surface area contributed by atoms with Crippen molar-refractivity contribution in [3.05, 3.63) is 64.2 Å². The number of hydrogen-bond acceptors (Lipinski definition) is 2. The molecule has 0 fully saturated rings. The summed E-state index contributed by atoms with van der Waals surface area (Å²) < 4.78 is 6.04. The Kier molecular flexibility index (Phi) is 5.65. The SMILES string of the molecule is Cc1ccc([C@H](C)NC(=O)[C@H](C)Oc2cccc3c2CCCC3)cc1C. The van der Waals surface area contributed by atoms with E-state index in [1.54, 1.807) is 0 Å². The largest absolute Gasteiger partial charge is 0.481 e. The highest BCUT2D eigenvalue weighted by Gasteiger charge is 2.21. The molecule has 3 nitrogen and oxygen atoms in total. The average molecular weight is 351 g/mol. The topological polar surface area (TPSA) is 38.3 Å². The Balaban J connectivity index is 1.65. The molecular weight excluding hydrogens is 322 g/mol. The summed E-state index contributed by atoms with van der Waals surface area (Å²) in [6, 6.07) is 12.5. The van der Waals surface area contributed by atoms with Crippen molar-refractivity contribution < 1.29 is 9.53 Å². The van der Waals surface area contributed by atoms with Crippen LogP contribution in [-0.4, -0.2) is 12.0 Å². The maximum absolute atomic E-state index is 12.6. The highest BCUT2D eigenvalue weighted by molar-refractivity contribution is 5.81. The van der Waals surface area contributed by atoms with Gasteiger partial charge in [0.05, 0.1) is 6.04 Å². The normalized spacial score (nSPS) is 15.7. The lowest BCUT2D eigenvalue weighted by Crippen LogP contribution is -2.38. The van der Waals surface area contributed by atoms with Crippen molar-refractivity contribution in [2.75, 3.05) is 0 Å². The smallest absolute Gasteiger partial charge is 0.261 e. The van der Waals surface area contributed by atoms with E-state index in [9.17, 15) is 4.79 Å². The zero-order chi connectivity index (χ0) is 18.7. The van der Waals surface area contributed by atoms with Gasteiger partial charge in [-0.1, -0.05) is 30.3 Å². The van der Waals surface area contributed by atoms with Gasteiger partial charge in [-0.15, -0.1) is 0 Å². The molecule has 0 saturated carbocycles. The zero-order valence-corrected chi connectivity index (χ0v) is 16.3. The lowest BCUT2D eigenvalue weighted by molar-refractivity contribution is -0.127. The molecular formula is C23H29NO2. The molecule has 0 bridgehead atoms. The van der Waals surface area contributed by atoms with Gasteiger partial charge in [-0.2, -0.15) is 0 Å². The summed E-state index contributed by atoms with van der Waals surface area (Å²) >= 11 is 0. The number of carbonyl (C=O) groups is 1. The summed E-state index contributed by atoms with van der Waals surface area (Å²) in [4.78, 5) is 12.6. The van der Waals surface area contributed by atoms with Gasteiger partial charge >= 0.3 is 0 Å². The van der Waals surface area contributed by atoms with Crippen LogP contribution in [0.1, 0.15) is 60.5 Å². The Hall–Kier alpha value is -2.29. The van der Waals surface area contributed by atoms with Crippen molar-refractivity contribution >= 4 is 5.91 Å². The fourth-order valence-corrected chi connectivity index (χ4v) is 3.55. The molecule has 1 N–H and O–H groups in total. The Labute approximate surface area is 156 Å². The summed E-state index contributed by atoms with van der Waals surface area (Å²) in [6.07, 6.45) is 4.06. The van der Waals surface area contributed by atoms with E-state index in [0.717, 1.165) is 24.2 Å². The van der Waals surface area contributed by atoms with E-state index in [4.69, 9.17) is 4.74 Å². The Morgan fingerprint density at radius 1 is 1.04 bits per heavy atom. The third-order valence-electron chi connectivity index (χ3n) is 5.42. The number of nitrogens with one attached hydrogen (secondary N) is 1. The number of fused-ring (bicyclic) bond motifs is 1. The molecule has 0 radical (unpaired) electrons. The van der Waals surface area contributed by atoms with Crippen LogP contribution in [-0.2, 0) is 17.6 Å². The van der Waals surface area contributed by atoms with Crippen molar-refractivity contribution in [1.29, 1.82) is 0 Å². The van der Waals surface area contributed by atoms with E-state index >= 15 is 0 Å². The minimum Gasteiger partial charge on any atom is -0.481 e. The maximum Gasteiger partial charge on any atom is 0.261 e. The highest BCUT2D eigenvalue weighted by Crippen LogP contribution is 2.30. The minimum atomic E-state index is -0.516. The summed E-state index contributed by atoms with van der Waals surface area (Å²) in [6.45, 7) is 8.03. The fraction of sp³-hybridized carbons (Fsp3) is 0.435. The molecule has 2 aromatic carbocycles. The van der Waals surface area contributed by atoms with Gasteiger partial charge in [-0.25, -0.2) is 0 Å². The fourth-order valence-electron chi connectivity index (χ4n) is 3.55. The van der Waals surface area contributed by atoms with Gasteiger partial charge in [-0.3, -0.25) is 4.79 Å². The molecule has 3 rings (SSSR count). The Morgan fingerprint density at radius 3 is 2.58 bits per heavy atom. The van der Waals surface area contributed by atoms with E-state index in [0.29, 0.717) is 0 Å². The second-order valence-electron chi connectivity index (χ2n) is 7.43. The average Bonchev–Trinajstić information content (AvgIpc) is 2.64. The van der Waals surface area contributed by atoms with E-state index in [2.05, 4.69) is 43.4 Å². The van der Waals surface area contributed by atoms with E-state index in [1.807, 2.05) is 26.0 Å². The first-order valence-corrected chi connectivity index (χ1v) is 9.60. The number of aryl methyl sites for hydroxylation is 3. The van der Waals surface area contributed by atoms with Crippen molar-refractivity contribution in [2.24, 2.45) is 0 Å². The van der Waals surface area contributed by atoms with Crippen molar-refractivity contribution in [3.63, 3.8) is 0 Å². The molecule has 0 aliphatic heterocycles. The lowest BCUT2D eigenvalue weighted by Gasteiger charge is -2.23. The zero-order valence-electron chi connectivity index (χ0n) is 16.3. The van der Waals surface area contributed by atoms with Crippen LogP contribution in [0.2, 0.25) is 0 Å². The molecule has 138 valence electrons. The van der Waals surface area contributed by atoms with E-state index in [-0.39, 0.29) is 11.9 Å². The summed E-state index contributed by atoms with van der Waals surface area (Å²) in [5.41, 5.74) is 6.26. The first-order valence-electron chi connectivity index (χ1n) is 9.60. The Bertz CT molecular complexity index is 797. The van der Waals surface area contributed by atoms with Crippen LogP contribution in [0, 0.1) is 13.8 Å². The quantitative estimate of drug-likeness (QED) is 0.838. The first-order chi connectivity index (χ1) is 12.5. The molecule has 0 heterocycles. The molecule has 1 aliphatic rings. The molecule has 0 spiro atoms. The molecule has 1 aliphatic carbocycles. The lowest BCUT2D eigenvalue weighted by atomic mass is 9.91. The van der Waals surface area contributed by atoms with Crippen LogP contribution in [0.5, 0.6) is 5.75 Å². The maximum atomic E-state index is 12.6. The third-order valence-corrected chi connectivity index (χ3v) is 5.42. The van der Waals surface area contributed by atoms with Gasteiger partial charge in [0.15, 0.2) is 6.10 Å². The van der Waals surface area contributed by atoms with E-state index in [1.165, 1.54) is 35.1 Å². The van der Waals surface area contributed by atoms with Gasteiger partial charge in [0, 0.05) is 0 Å². The van der Waals surface area contributed by atoms with Crippen LogP contribution in [0.3, 0.4) is 0 Å². The second kappa shape index (κ2) is 7.94. The number of hydrogen-bond donors (Lipinski definition) is 1. The van der Waals surface area contributed by atoms with Crippen LogP contribution in [0.4, 0.5) is 0 Å². The van der Waals surface area contributed by atoms with Crippen LogP contribution in [0.15, 0.2) is 36.4 Å². The summed E-state index contributed by atoms with van der Waals surface area (Å²) in [5.74, 6) is 0.785. The number of carbonyl (C=O) groups excluding carboxylic acids is 1.